The first-order chi connectivity index (χ1) is 7.24. The van der Waals surface area contributed by atoms with Gasteiger partial charge in [0.1, 0.15) is 5.82 Å². The van der Waals surface area contributed by atoms with Gasteiger partial charge in [0.25, 0.3) is 5.56 Å². The van der Waals surface area contributed by atoms with Gasteiger partial charge in [-0.3, -0.25) is 4.79 Å². The van der Waals surface area contributed by atoms with Crippen molar-refractivity contribution in [2.75, 3.05) is 5.73 Å². The Kier molecular flexibility index (Phi) is 3.11. The van der Waals surface area contributed by atoms with Gasteiger partial charge in [0.2, 0.25) is 0 Å². The Morgan fingerprint density at radius 1 is 1.60 bits per heavy atom. The molecule has 0 amide bonds. The number of hydrogen-bond donors (Lipinski definition) is 2. The first kappa shape index (κ1) is 10.3. The summed E-state index contributed by atoms with van der Waals surface area (Å²) in [6.45, 7) is 0. The van der Waals surface area contributed by atoms with E-state index in [-0.39, 0.29) is 11.4 Å². The van der Waals surface area contributed by atoms with E-state index in [1.165, 1.54) is 12.5 Å². The smallest absolute Gasteiger partial charge is 0.253 e. The molecule has 0 saturated heterocycles. The van der Waals surface area contributed by atoms with Gasteiger partial charge in [-0.15, -0.1) is 0 Å². The molecule has 2 rings (SSSR count). The SMILES string of the molecule is Nc1cc(=O)[nH]c(SC2C=CCCC2)n1. The van der Waals surface area contributed by atoms with Crippen LogP contribution in [0.4, 0.5) is 5.82 Å². The second-order valence-corrected chi connectivity index (χ2v) is 4.72. The van der Waals surface area contributed by atoms with Gasteiger partial charge in [0.15, 0.2) is 5.16 Å². The Morgan fingerprint density at radius 2 is 2.47 bits per heavy atom. The molecule has 0 aromatic carbocycles. The first-order valence-electron chi connectivity index (χ1n) is 4.94. The van der Waals surface area contributed by atoms with Gasteiger partial charge in [0.05, 0.1) is 0 Å². The molecule has 1 heterocycles. The third kappa shape index (κ3) is 2.86. The summed E-state index contributed by atoms with van der Waals surface area (Å²) in [7, 11) is 0. The summed E-state index contributed by atoms with van der Waals surface area (Å²) >= 11 is 1.56. The van der Waals surface area contributed by atoms with Crippen molar-refractivity contribution in [3.8, 4) is 0 Å². The lowest BCUT2D eigenvalue weighted by molar-refractivity contribution is 0.738. The fourth-order valence-corrected chi connectivity index (χ4v) is 2.61. The van der Waals surface area contributed by atoms with Crippen LogP contribution in [0.3, 0.4) is 0 Å². The lowest BCUT2D eigenvalue weighted by Gasteiger charge is -2.14. The normalized spacial score (nSPS) is 20.4. The molecule has 1 atom stereocenters. The summed E-state index contributed by atoms with van der Waals surface area (Å²) in [5, 5.41) is 1.01. The molecule has 0 bridgehead atoms. The number of anilines is 1. The molecule has 15 heavy (non-hydrogen) atoms. The number of rotatable bonds is 2. The predicted octanol–water partition coefficient (Wildman–Crippen LogP) is 1.55. The number of nitrogens with zero attached hydrogens (tertiary/aromatic N) is 1. The Labute approximate surface area is 92.0 Å². The van der Waals surface area contributed by atoms with Gasteiger partial charge in [-0.05, 0) is 19.3 Å². The number of hydrogen-bond acceptors (Lipinski definition) is 4. The van der Waals surface area contributed by atoms with Crippen molar-refractivity contribution < 1.29 is 0 Å². The van der Waals surface area contributed by atoms with Crippen LogP contribution >= 0.6 is 11.8 Å². The third-order valence-corrected chi connectivity index (χ3v) is 3.33. The van der Waals surface area contributed by atoms with Gasteiger partial charge in [-0.2, -0.15) is 0 Å². The van der Waals surface area contributed by atoms with Crippen LogP contribution in [0.25, 0.3) is 0 Å². The molecule has 1 unspecified atom stereocenters. The second-order valence-electron chi connectivity index (χ2n) is 3.49. The van der Waals surface area contributed by atoms with E-state index in [2.05, 4.69) is 22.1 Å². The molecule has 1 aliphatic rings. The number of aromatic nitrogens is 2. The average molecular weight is 223 g/mol. The van der Waals surface area contributed by atoms with Crippen molar-refractivity contribution in [1.82, 2.24) is 9.97 Å². The fraction of sp³-hybridized carbons (Fsp3) is 0.400. The molecule has 0 spiro atoms. The Morgan fingerprint density at radius 3 is 3.13 bits per heavy atom. The van der Waals surface area contributed by atoms with Crippen molar-refractivity contribution in [2.45, 2.75) is 29.7 Å². The van der Waals surface area contributed by atoms with E-state index in [0.717, 1.165) is 12.8 Å². The molecule has 5 heteroatoms. The Bertz CT molecular complexity index is 427. The standard InChI is InChI=1S/C10H13N3OS/c11-8-6-9(14)13-10(12-8)15-7-4-2-1-3-5-7/h2,4,6-7H,1,3,5H2,(H3,11,12,13,14). The quantitative estimate of drug-likeness (QED) is 0.589. The number of allylic oxidation sites excluding steroid dienone is 1. The molecule has 0 aliphatic heterocycles. The zero-order valence-corrected chi connectivity index (χ0v) is 9.09. The minimum atomic E-state index is -0.190. The molecular weight excluding hydrogens is 210 g/mol. The molecule has 0 fully saturated rings. The monoisotopic (exact) mass is 223 g/mol. The maximum absolute atomic E-state index is 11.1. The topological polar surface area (TPSA) is 71.8 Å². The molecule has 0 saturated carbocycles. The summed E-state index contributed by atoms with van der Waals surface area (Å²) in [5.41, 5.74) is 5.31. The van der Waals surface area contributed by atoms with Gasteiger partial charge >= 0.3 is 0 Å². The van der Waals surface area contributed by atoms with Crippen molar-refractivity contribution in [2.24, 2.45) is 0 Å². The highest BCUT2D eigenvalue weighted by Gasteiger charge is 2.11. The second kappa shape index (κ2) is 4.53. The summed E-state index contributed by atoms with van der Waals surface area (Å²) in [5.74, 6) is 0.279. The molecule has 1 aromatic heterocycles. The predicted molar refractivity (Wildman–Crippen MR) is 61.9 cm³/mol. The average Bonchev–Trinajstić information content (AvgIpc) is 2.17. The van der Waals surface area contributed by atoms with E-state index in [1.54, 1.807) is 11.8 Å². The number of nitrogen functional groups attached to an aromatic ring is 1. The van der Waals surface area contributed by atoms with Crippen LogP contribution in [0.5, 0.6) is 0 Å². The third-order valence-electron chi connectivity index (χ3n) is 2.21. The minimum absolute atomic E-state index is 0.190. The van der Waals surface area contributed by atoms with Gasteiger partial charge in [-0.1, -0.05) is 23.9 Å². The number of nitrogens with one attached hydrogen (secondary N) is 1. The highest BCUT2D eigenvalue weighted by atomic mass is 32.2. The Hall–Kier alpha value is -1.23. The number of nitrogens with two attached hydrogens (primary N) is 1. The summed E-state index contributed by atoms with van der Waals surface area (Å²) in [6.07, 6.45) is 7.81. The highest BCUT2D eigenvalue weighted by Crippen LogP contribution is 2.27. The molecule has 1 aliphatic carbocycles. The maximum atomic E-state index is 11.1. The summed E-state index contributed by atoms with van der Waals surface area (Å²) in [4.78, 5) is 17.9. The molecule has 3 N–H and O–H groups in total. The van der Waals surface area contributed by atoms with E-state index < -0.39 is 0 Å². The molecule has 80 valence electrons. The zero-order chi connectivity index (χ0) is 10.7. The van der Waals surface area contributed by atoms with Gasteiger partial charge in [0, 0.05) is 11.3 Å². The number of thioether (sulfide) groups is 1. The molecule has 0 radical (unpaired) electrons. The summed E-state index contributed by atoms with van der Waals surface area (Å²) < 4.78 is 0. The largest absolute Gasteiger partial charge is 0.383 e. The number of H-pyrrole nitrogens is 1. The van der Waals surface area contributed by atoms with E-state index in [1.807, 2.05) is 0 Å². The van der Waals surface area contributed by atoms with Crippen molar-refractivity contribution >= 4 is 17.6 Å². The van der Waals surface area contributed by atoms with Crippen LogP contribution in [0.2, 0.25) is 0 Å². The van der Waals surface area contributed by atoms with Gasteiger partial charge in [-0.25, -0.2) is 4.98 Å². The highest BCUT2D eigenvalue weighted by molar-refractivity contribution is 7.99. The summed E-state index contributed by atoms with van der Waals surface area (Å²) in [6, 6.07) is 1.29. The van der Waals surface area contributed by atoms with E-state index >= 15 is 0 Å². The van der Waals surface area contributed by atoms with Crippen LogP contribution in [-0.4, -0.2) is 15.2 Å². The fourth-order valence-electron chi connectivity index (χ4n) is 1.53. The van der Waals surface area contributed by atoms with Crippen LogP contribution in [0, 0.1) is 0 Å². The van der Waals surface area contributed by atoms with Crippen molar-refractivity contribution in [3.05, 3.63) is 28.6 Å². The zero-order valence-electron chi connectivity index (χ0n) is 8.27. The van der Waals surface area contributed by atoms with Gasteiger partial charge < -0.3 is 10.7 Å². The molecular formula is C10H13N3OS. The van der Waals surface area contributed by atoms with Crippen LogP contribution < -0.4 is 11.3 Å². The van der Waals surface area contributed by atoms with Crippen LogP contribution in [0.15, 0.2) is 28.2 Å². The van der Waals surface area contributed by atoms with E-state index in [9.17, 15) is 4.79 Å². The first-order valence-corrected chi connectivity index (χ1v) is 5.82. The lowest BCUT2D eigenvalue weighted by atomic mass is 10.1. The van der Waals surface area contributed by atoms with E-state index in [4.69, 9.17) is 5.73 Å². The molecule has 4 nitrogen and oxygen atoms in total. The van der Waals surface area contributed by atoms with Crippen molar-refractivity contribution in [1.29, 1.82) is 0 Å². The Balaban J connectivity index is 2.13. The van der Waals surface area contributed by atoms with Crippen LogP contribution in [-0.2, 0) is 0 Å². The molecule has 1 aromatic rings. The lowest BCUT2D eigenvalue weighted by Crippen LogP contribution is -2.11. The van der Waals surface area contributed by atoms with E-state index in [0.29, 0.717) is 10.4 Å². The maximum Gasteiger partial charge on any atom is 0.253 e. The number of aromatic amines is 1. The van der Waals surface area contributed by atoms with Crippen molar-refractivity contribution in [3.63, 3.8) is 0 Å². The van der Waals surface area contributed by atoms with Crippen LogP contribution in [0.1, 0.15) is 19.3 Å². The minimum Gasteiger partial charge on any atom is -0.383 e.